The minimum atomic E-state index is -0.362. The lowest BCUT2D eigenvalue weighted by Gasteiger charge is -2.46. The Morgan fingerprint density at radius 1 is 0.731 bits per heavy atom. The van der Waals surface area contributed by atoms with Gasteiger partial charge in [-0.2, -0.15) is 9.97 Å². The van der Waals surface area contributed by atoms with E-state index >= 15 is 0 Å². The number of amides is 2. The molecule has 2 saturated carbocycles. The molecule has 0 radical (unpaired) electrons. The maximum absolute atomic E-state index is 14.6. The van der Waals surface area contributed by atoms with Crippen LogP contribution in [0.15, 0.2) is 42.9 Å². The zero-order valence-electron chi connectivity index (χ0n) is 29.6. The molecule has 14 heteroatoms. The molecule has 5 aliphatic rings. The van der Waals surface area contributed by atoms with E-state index in [9.17, 15) is 9.59 Å². The van der Waals surface area contributed by atoms with Crippen molar-refractivity contribution in [1.82, 2.24) is 44.3 Å². The summed E-state index contributed by atoms with van der Waals surface area (Å²) in [6.07, 6.45) is 16.0. The number of fused-ring (bicyclic) bond motifs is 8. The van der Waals surface area contributed by atoms with Gasteiger partial charge in [-0.05, 0) is 57.0 Å². The highest BCUT2D eigenvalue weighted by Crippen LogP contribution is 2.44. The predicted octanol–water partition coefficient (Wildman–Crippen LogP) is 4.79. The molecule has 14 nitrogen and oxygen atoms in total. The van der Waals surface area contributed by atoms with Gasteiger partial charge in [0.25, 0.3) is 11.8 Å². The van der Waals surface area contributed by atoms with Crippen molar-refractivity contribution in [2.75, 3.05) is 61.4 Å². The van der Waals surface area contributed by atoms with E-state index in [-0.39, 0.29) is 22.9 Å². The van der Waals surface area contributed by atoms with Crippen molar-refractivity contribution in [2.24, 2.45) is 0 Å². The van der Waals surface area contributed by atoms with Crippen LogP contribution < -0.4 is 20.4 Å². The maximum atomic E-state index is 14.6. The van der Waals surface area contributed by atoms with E-state index in [0.717, 1.165) is 112 Å². The number of anilines is 4. The molecular weight excluding hydrogens is 657 g/mol. The summed E-state index contributed by atoms with van der Waals surface area (Å²) in [5.74, 6) is 1.27. The molecule has 1 saturated heterocycles. The van der Waals surface area contributed by atoms with Crippen molar-refractivity contribution in [3.8, 4) is 0 Å². The predicted molar refractivity (Wildman–Crippen MR) is 198 cm³/mol. The monoisotopic (exact) mass is 700 g/mol. The van der Waals surface area contributed by atoms with Crippen LogP contribution in [0.5, 0.6) is 0 Å². The minimum absolute atomic E-state index is 0.0797. The standard InChI is InChI=1S/C38H44N12O2/c1-46-14-16-47(17-15-46)27-8-9-30(39-22-27)43-35-40-20-26-19-29-34(52)48(24-38(12-6-3-7-13-38)50(29)31(26)44-35)36-41-21-25-18-28-33(51)42-23-37(10-4-2-5-11-37)49(28)32(25)45-36/h8-9,18-22H,2-7,10-17,23-24H2,1H3,(H,42,51)(H,39,40,43,44). The SMILES string of the molecule is CN1CCN(c2ccc(Nc3ncc4cc5n(c4n3)C3(CCCCC3)CN(c3ncc4cc6n(c4n3)C3(CCCCC3)CNC6=O)C5=O)nc2)CC1. The normalized spacial score (nSPS) is 21.5. The molecule has 8 heterocycles. The molecule has 2 aliphatic carbocycles. The molecular formula is C38H44N12O2. The lowest BCUT2D eigenvalue weighted by atomic mass is 9.79. The highest BCUT2D eigenvalue weighted by molar-refractivity contribution is 6.08. The second-order valence-corrected chi connectivity index (χ2v) is 15.6. The number of likely N-dealkylation sites (N-methyl/N-ethyl adjacent to an activating group) is 1. The fraction of sp³-hybridized carbons (Fsp3) is 0.500. The van der Waals surface area contributed by atoms with Crippen LogP contribution in [0, 0.1) is 0 Å². The van der Waals surface area contributed by atoms with Gasteiger partial charge in [-0.3, -0.25) is 14.5 Å². The Labute approximate surface area is 301 Å². The van der Waals surface area contributed by atoms with Crippen LogP contribution in [-0.4, -0.2) is 97.1 Å². The molecule has 0 unspecified atom stereocenters. The van der Waals surface area contributed by atoms with Crippen LogP contribution in [0.3, 0.4) is 0 Å². The van der Waals surface area contributed by atoms with Gasteiger partial charge in [-0.25, -0.2) is 15.0 Å². The zero-order chi connectivity index (χ0) is 35.0. The number of rotatable bonds is 4. The number of aromatic nitrogens is 7. The number of nitrogens with one attached hydrogen (secondary N) is 2. The van der Waals surface area contributed by atoms with Crippen LogP contribution in [0.2, 0.25) is 0 Å². The van der Waals surface area contributed by atoms with Gasteiger partial charge in [0.15, 0.2) is 0 Å². The summed E-state index contributed by atoms with van der Waals surface area (Å²) in [5.41, 5.74) is 3.24. The molecule has 0 atom stereocenters. The lowest BCUT2D eigenvalue weighted by molar-refractivity contribution is 0.0832. The highest BCUT2D eigenvalue weighted by Gasteiger charge is 2.47. The fourth-order valence-electron chi connectivity index (χ4n) is 9.62. The molecule has 0 aromatic carbocycles. The number of hydrogen-bond donors (Lipinski definition) is 2. The summed E-state index contributed by atoms with van der Waals surface area (Å²) in [6, 6.07) is 7.89. The van der Waals surface area contributed by atoms with E-state index in [4.69, 9.17) is 15.0 Å². The Balaban J connectivity index is 1.00. The van der Waals surface area contributed by atoms with Gasteiger partial charge in [0, 0.05) is 55.9 Å². The second kappa shape index (κ2) is 12.0. The van der Waals surface area contributed by atoms with Crippen LogP contribution >= 0.6 is 0 Å². The molecule has 5 aromatic rings. The lowest BCUT2D eigenvalue weighted by Crippen LogP contribution is -2.55. The van der Waals surface area contributed by atoms with Crippen LogP contribution in [0.4, 0.5) is 23.4 Å². The molecule has 0 bridgehead atoms. The number of pyridine rings is 1. The van der Waals surface area contributed by atoms with Crippen molar-refractivity contribution in [1.29, 1.82) is 0 Å². The molecule has 10 rings (SSSR count). The van der Waals surface area contributed by atoms with Gasteiger partial charge in [0.2, 0.25) is 11.9 Å². The summed E-state index contributed by atoms with van der Waals surface area (Å²) in [5, 5.41) is 8.10. The van der Waals surface area contributed by atoms with Gasteiger partial charge in [0.1, 0.15) is 28.5 Å². The number of carbonyl (C=O) groups excluding carboxylic acids is 2. The van der Waals surface area contributed by atoms with E-state index in [1.807, 2.05) is 24.4 Å². The smallest absolute Gasteiger partial charge is 0.277 e. The van der Waals surface area contributed by atoms with Crippen LogP contribution in [0.25, 0.3) is 22.1 Å². The van der Waals surface area contributed by atoms with Gasteiger partial charge < -0.3 is 29.6 Å². The Morgan fingerprint density at radius 2 is 1.40 bits per heavy atom. The van der Waals surface area contributed by atoms with E-state index < -0.39 is 0 Å². The van der Waals surface area contributed by atoms with Crippen molar-refractivity contribution in [3.05, 3.63) is 54.2 Å². The van der Waals surface area contributed by atoms with Gasteiger partial charge >= 0.3 is 0 Å². The molecule has 2 N–H and O–H groups in total. The third-order valence-corrected chi connectivity index (χ3v) is 12.4. The summed E-state index contributed by atoms with van der Waals surface area (Å²) in [4.78, 5) is 58.4. The Bertz CT molecular complexity index is 2200. The van der Waals surface area contributed by atoms with E-state index in [1.165, 1.54) is 6.42 Å². The number of nitrogens with zero attached hydrogens (tertiary/aromatic N) is 10. The Morgan fingerprint density at radius 3 is 2.13 bits per heavy atom. The Hall–Kier alpha value is -5.11. The number of piperazine rings is 1. The van der Waals surface area contributed by atoms with Crippen molar-refractivity contribution >= 4 is 57.3 Å². The third kappa shape index (κ3) is 4.97. The first-order chi connectivity index (χ1) is 25.4. The summed E-state index contributed by atoms with van der Waals surface area (Å²) >= 11 is 0. The van der Waals surface area contributed by atoms with Crippen molar-refractivity contribution in [3.63, 3.8) is 0 Å². The van der Waals surface area contributed by atoms with Crippen molar-refractivity contribution in [2.45, 2.75) is 75.3 Å². The second-order valence-electron chi connectivity index (χ2n) is 15.6. The van der Waals surface area contributed by atoms with Crippen molar-refractivity contribution < 1.29 is 9.59 Å². The van der Waals surface area contributed by atoms with Crippen LogP contribution in [-0.2, 0) is 11.1 Å². The number of carbonyl (C=O) groups is 2. The Kier molecular flexibility index (Phi) is 7.28. The first kappa shape index (κ1) is 31.6. The minimum Gasteiger partial charge on any atom is -0.368 e. The maximum Gasteiger partial charge on any atom is 0.277 e. The molecule has 2 spiro atoms. The first-order valence-electron chi connectivity index (χ1n) is 18.9. The van der Waals surface area contributed by atoms with Gasteiger partial charge in [-0.15, -0.1) is 0 Å². The largest absolute Gasteiger partial charge is 0.368 e. The van der Waals surface area contributed by atoms with E-state index in [0.29, 0.717) is 42.2 Å². The summed E-state index contributed by atoms with van der Waals surface area (Å²) < 4.78 is 4.36. The summed E-state index contributed by atoms with van der Waals surface area (Å²) in [6.45, 7) is 5.09. The molecule has 2 amide bonds. The number of hydrogen-bond acceptors (Lipinski definition) is 10. The quantitative estimate of drug-likeness (QED) is 0.269. The fourth-order valence-corrected chi connectivity index (χ4v) is 9.62. The van der Waals surface area contributed by atoms with E-state index in [1.54, 1.807) is 17.3 Å². The molecule has 52 heavy (non-hydrogen) atoms. The average molecular weight is 701 g/mol. The third-order valence-electron chi connectivity index (χ3n) is 12.4. The van der Waals surface area contributed by atoms with Gasteiger partial charge in [0.05, 0.1) is 29.5 Å². The first-order valence-corrected chi connectivity index (χ1v) is 18.9. The molecule has 3 fully saturated rings. The molecule has 3 aliphatic heterocycles. The summed E-state index contributed by atoms with van der Waals surface area (Å²) in [7, 11) is 2.15. The van der Waals surface area contributed by atoms with E-state index in [2.05, 4.69) is 52.6 Å². The molecule has 268 valence electrons. The topological polar surface area (TPSA) is 142 Å². The zero-order valence-corrected chi connectivity index (χ0v) is 29.6. The average Bonchev–Trinajstić information content (AvgIpc) is 3.77. The molecule has 5 aromatic heterocycles. The van der Waals surface area contributed by atoms with Gasteiger partial charge in [-0.1, -0.05) is 38.5 Å². The van der Waals surface area contributed by atoms with Crippen LogP contribution in [0.1, 0.15) is 85.2 Å². The highest BCUT2D eigenvalue weighted by atomic mass is 16.2.